The van der Waals surface area contributed by atoms with Crippen LogP contribution in [-0.4, -0.2) is 23.6 Å². The molecule has 0 spiro atoms. The number of aromatic nitrogens is 2. The van der Waals surface area contributed by atoms with Gasteiger partial charge in [-0.05, 0) is 24.8 Å². The van der Waals surface area contributed by atoms with Gasteiger partial charge in [0.15, 0.2) is 0 Å². The SMILES string of the molecule is CN(CC1CCC1)c1ccnc(N)n1. The first-order valence-corrected chi connectivity index (χ1v) is 5.05. The second-order valence-corrected chi connectivity index (χ2v) is 3.95. The zero-order valence-electron chi connectivity index (χ0n) is 8.48. The molecule has 0 saturated heterocycles. The maximum Gasteiger partial charge on any atom is 0.221 e. The van der Waals surface area contributed by atoms with Crippen LogP contribution in [0.5, 0.6) is 0 Å². The first kappa shape index (κ1) is 9.24. The highest BCUT2D eigenvalue weighted by Crippen LogP contribution is 2.27. The molecule has 14 heavy (non-hydrogen) atoms. The topological polar surface area (TPSA) is 55.0 Å². The van der Waals surface area contributed by atoms with Crippen molar-refractivity contribution < 1.29 is 0 Å². The van der Waals surface area contributed by atoms with Gasteiger partial charge >= 0.3 is 0 Å². The fourth-order valence-corrected chi connectivity index (χ4v) is 1.73. The third kappa shape index (κ3) is 1.95. The molecule has 0 amide bonds. The normalized spacial score (nSPS) is 16.4. The molecule has 1 aromatic heterocycles. The third-order valence-corrected chi connectivity index (χ3v) is 2.81. The summed E-state index contributed by atoms with van der Waals surface area (Å²) in [5, 5.41) is 0. The Bertz CT molecular complexity index is 309. The van der Waals surface area contributed by atoms with Crippen LogP contribution in [0.3, 0.4) is 0 Å². The number of hydrogen-bond donors (Lipinski definition) is 1. The number of nitrogens with zero attached hydrogens (tertiary/aromatic N) is 3. The molecular formula is C10H16N4. The second-order valence-electron chi connectivity index (χ2n) is 3.95. The molecule has 1 heterocycles. The van der Waals surface area contributed by atoms with Gasteiger partial charge in [0.05, 0.1) is 0 Å². The zero-order valence-corrected chi connectivity index (χ0v) is 8.48. The van der Waals surface area contributed by atoms with E-state index in [2.05, 4.69) is 21.9 Å². The molecule has 0 unspecified atom stereocenters. The van der Waals surface area contributed by atoms with Crippen molar-refractivity contribution in [1.82, 2.24) is 9.97 Å². The van der Waals surface area contributed by atoms with Gasteiger partial charge in [0.2, 0.25) is 5.95 Å². The Balaban J connectivity index is 1.98. The van der Waals surface area contributed by atoms with Gasteiger partial charge in [-0.2, -0.15) is 4.98 Å². The molecule has 1 aromatic rings. The quantitative estimate of drug-likeness (QED) is 0.784. The van der Waals surface area contributed by atoms with Gasteiger partial charge in [0, 0.05) is 19.8 Å². The number of nitrogens with two attached hydrogens (primary N) is 1. The maximum atomic E-state index is 5.52. The average molecular weight is 192 g/mol. The van der Waals surface area contributed by atoms with Crippen LogP contribution in [0.25, 0.3) is 0 Å². The molecule has 0 aromatic carbocycles. The minimum Gasteiger partial charge on any atom is -0.368 e. The Morgan fingerprint density at radius 3 is 2.93 bits per heavy atom. The minimum absolute atomic E-state index is 0.350. The molecule has 2 rings (SSSR count). The number of rotatable bonds is 3. The van der Waals surface area contributed by atoms with Crippen LogP contribution in [-0.2, 0) is 0 Å². The standard InChI is InChI=1S/C10H16N4/c1-14(7-8-3-2-4-8)9-5-6-12-10(11)13-9/h5-6,8H,2-4,7H2,1H3,(H2,11,12,13). The summed E-state index contributed by atoms with van der Waals surface area (Å²) < 4.78 is 0. The smallest absolute Gasteiger partial charge is 0.221 e. The lowest BCUT2D eigenvalue weighted by molar-refractivity contribution is 0.321. The predicted molar refractivity (Wildman–Crippen MR) is 57.1 cm³/mol. The highest BCUT2D eigenvalue weighted by atomic mass is 15.2. The molecule has 4 heteroatoms. The van der Waals surface area contributed by atoms with Gasteiger partial charge < -0.3 is 10.6 Å². The van der Waals surface area contributed by atoms with Crippen molar-refractivity contribution in [3.05, 3.63) is 12.3 Å². The number of anilines is 2. The average Bonchev–Trinajstić information content (AvgIpc) is 2.11. The molecule has 1 aliphatic rings. The summed E-state index contributed by atoms with van der Waals surface area (Å²) in [5.41, 5.74) is 5.52. The van der Waals surface area contributed by atoms with Crippen molar-refractivity contribution in [2.75, 3.05) is 24.2 Å². The van der Waals surface area contributed by atoms with Crippen molar-refractivity contribution in [1.29, 1.82) is 0 Å². The van der Waals surface area contributed by atoms with E-state index < -0.39 is 0 Å². The molecule has 1 saturated carbocycles. The molecule has 0 atom stereocenters. The summed E-state index contributed by atoms with van der Waals surface area (Å²) in [6.07, 6.45) is 5.79. The lowest BCUT2D eigenvalue weighted by Gasteiger charge is -2.30. The molecular weight excluding hydrogens is 176 g/mol. The maximum absolute atomic E-state index is 5.52. The summed E-state index contributed by atoms with van der Waals surface area (Å²) in [6.45, 7) is 1.08. The van der Waals surface area contributed by atoms with E-state index in [1.807, 2.05) is 6.07 Å². The van der Waals surface area contributed by atoms with Crippen molar-refractivity contribution in [3.63, 3.8) is 0 Å². The second kappa shape index (κ2) is 3.82. The molecule has 76 valence electrons. The van der Waals surface area contributed by atoms with Gasteiger partial charge in [-0.25, -0.2) is 4.98 Å². The highest BCUT2D eigenvalue weighted by Gasteiger charge is 2.19. The van der Waals surface area contributed by atoms with E-state index in [-0.39, 0.29) is 0 Å². The molecule has 2 N–H and O–H groups in total. The fourth-order valence-electron chi connectivity index (χ4n) is 1.73. The Kier molecular flexibility index (Phi) is 2.52. The van der Waals surface area contributed by atoms with Gasteiger partial charge in [0.25, 0.3) is 0 Å². The van der Waals surface area contributed by atoms with Gasteiger partial charge in [0.1, 0.15) is 5.82 Å². The van der Waals surface area contributed by atoms with Crippen molar-refractivity contribution in [2.24, 2.45) is 5.92 Å². The molecule has 0 bridgehead atoms. The Morgan fingerprint density at radius 1 is 1.57 bits per heavy atom. The summed E-state index contributed by atoms with van der Waals surface area (Å²) in [4.78, 5) is 10.2. The van der Waals surface area contributed by atoms with Crippen LogP contribution < -0.4 is 10.6 Å². The van der Waals surface area contributed by atoms with E-state index in [9.17, 15) is 0 Å². The predicted octanol–water partition coefficient (Wildman–Crippen LogP) is 1.30. The van der Waals surface area contributed by atoms with Crippen LogP contribution in [0.4, 0.5) is 11.8 Å². The molecule has 0 aliphatic heterocycles. The minimum atomic E-state index is 0.350. The van der Waals surface area contributed by atoms with Crippen molar-refractivity contribution in [2.45, 2.75) is 19.3 Å². The van der Waals surface area contributed by atoms with E-state index in [0.29, 0.717) is 5.95 Å². The first-order valence-electron chi connectivity index (χ1n) is 5.05. The Morgan fingerprint density at radius 2 is 2.36 bits per heavy atom. The molecule has 1 fully saturated rings. The van der Waals surface area contributed by atoms with Gasteiger partial charge in [-0.1, -0.05) is 6.42 Å². The van der Waals surface area contributed by atoms with Crippen molar-refractivity contribution in [3.8, 4) is 0 Å². The van der Waals surface area contributed by atoms with E-state index in [0.717, 1.165) is 18.3 Å². The Hall–Kier alpha value is -1.32. The van der Waals surface area contributed by atoms with Crippen molar-refractivity contribution >= 4 is 11.8 Å². The van der Waals surface area contributed by atoms with Crippen LogP contribution in [0.1, 0.15) is 19.3 Å². The fraction of sp³-hybridized carbons (Fsp3) is 0.600. The number of hydrogen-bond acceptors (Lipinski definition) is 4. The zero-order chi connectivity index (χ0) is 9.97. The first-order chi connectivity index (χ1) is 6.75. The lowest BCUT2D eigenvalue weighted by atomic mass is 9.85. The highest BCUT2D eigenvalue weighted by molar-refractivity contribution is 5.39. The summed E-state index contributed by atoms with van der Waals surface area (Å²) in [5.74, 6) is 2.11. The van der Waals surface area contributed by atoms with Gasteiger partial charge in [-0.15, -0.1) is 0 Å². The molecule has 4 nitrogen and oxygen atoms in total. The van der Waals surface area contributed by atoms with Crippen LogP contribution in [0.15, 0.2) is 12.3 Å². The summed E-state index contributed by atoms with van der Waals surface area (Å²) in [7, 11) is 2.06. The number of nitrogen functional groups attached to an aromatic ring is 1. The summed E-state index contributed by atoms with van der Waals surface area (Å²) in [6, 6.07) is 1.90. The molecule has 1 aliphatic carbocycles. The monoisotopic (exact) mass is 192 g/mol. The summed E-state index contributed by atoms with van der Waals surface area (Å²) >= 11 is 0. The van der Waals surface area contributed by atoms with Gasteiger partial charge in [-0.3, -0.25) is 0 Å². The van der Waals surface area contributed by atoms with E-state index in [1.54, 1.807) is 6.20 Å². The van der Waals surface area contributed by atoms with Crippen LogP contribution >= 0.6 is 0 Å². The van der Waals surface area contributed by atoms with E-state index >= 15 is 0 Å². The third-order valence-electron chi connectivity index (χ3n) is 2.81. The van der Waals surface area contributed by atoms with E-state index in [1.165, 1.54) is 19.3 Å². The lowest BCUT2D eigenvalue weighted by Crippen LogP contribution is -2.29. The van der Waals surface area contributed by atoms with Crippen LogP contribution in [0.2, 0.25) is 0 Å². The van der Waals surface area contributed by atoms with Crippen LogP contribution in [0, 0.1) is 5.92 Å². The largest absolute Gasteiger partial charge is 0.368 e. The molecule has 0 radical (unpaired) electrons. The Labute approximate surface area is 84.2 Å². The van der Waals surface area contributed by atoms with E-state index in [4.69, 9.17) is 5.73 Å².